The van der Waals surface area contributed by atoms with Crippen LogP contribution in [0.3, 0.4) is 0 Å². The number of aliphatic carboxylic acids is 1. The Morgan fingerprint density at radius 3 is 2.20 bits per heavy atom. The van der Waals surface area contributed by atoms with Crippen LogP contribution in [0.2, 0.25) is 0 Å². The first-order valence-electron chi connectivity index (χ1n) is 4.26. The van der Waals surface area contributed by atoms with Crippen LogP contribution in [0.4, 0.5) is 0 Å². The summed E-state index contributed by atoms with van der Waals surface area (Å²) in [5, 5.41) is 8.71. The van der Waals surface area contributed by atoms with Crippen molar-refractivity contribution >= 4 is 29.2 Å². The zero-order chi connectivity index (χ0) is 11.7. The van der Waals surface area contributed by atoms with Gasteiger partial charge in [0.1, 0.15) is 6.04 Å². The Balaban J connectivity index is 0.000000583. The number of carbonyl (C=O) groups is 1. The summed E-state index contributed by atoms with van der Waals surface area (Å²) >= 11 is 9.53. The molecular weight excluding hydrogens is 237 g/mol. The molecule has 0 aliphatic rings. The summed E-state index contributed by atoms with van der Waals surface area (Å²) in [6.45, 7) is 0. The molecule has 0 aliphatic carbocycles. The van der Waals surface area contributed by atoms with E-state index >= 15 is 0 Å². The molecule has 0 aromatic heterocycles. The van der Waals surface area contributed by atoms with Gasteiger partial charge in [-0.25, -0.2) is 0 Å². The standard InChI is InChI=1S/C9H11NO2.CH2Cl2/c10-8(9(11)12)6-7-4-2-1-3-5-7;2-1-3/h1-5,8H,6,10H2,(H,11,12);1H2. The Bertz CT molecular complexity index is 280. The van der Waals surface area contributed by atoms with Crippen LogP contribution >= 0.6 is 23.2 Å². The molecule has 1 atom stereocenters. The molecule has 15 heavy (non-hydrogen) atoms. The maximum atomic E-state index is 10.4. The third kappa shape index (κ3) is 7.19. The molecule has 0 fully saturated rings. The lowest BCUT2D eigenvalue weighted by Gasteiger charge is -2.04. The van der Waals surface area contributed by atoms with E-state index in [9.17, 15) is 4.79 Å². The SMILES string of the molecule is ClCCl.NC(Cc1ccccc1)C(=O)O. The minimum absolute atomic E-state index is 0.194. The van der Waals surface area contributed by atoms with Crippen LogP contribution in [0.1, 0.15) is 5.56 Å². The Hall–Kier alpha value is -0.770. The summed E-state index contributed by atoms with van der Waals surface area (Å²) in [6, 6.07) is 8.54. The Labute approximate surface area is 98.8 Å². The number of hydrogen-bond donors (Lipinski definition) is 2. The second kappa shape index (κ2) is 8.53. The van der Waals surface area contributed by atoms with Gasteiger partial charge in [-0.2, -0.15) is 0 Å². The third-order valence-electron chi connectivity index (χ3n) is 1.62. The van der Waals surface area contributed by atoms with Crippen molar-refractivity contribution in [2.45, 2.75) is 12.5 Å². The number of nitrogens with two attached hydrogens (primary N) is 1. The molecule has 0 amide bonds. The van der Waals surface area contributed by atoms with E-state index in [-0.39, 0.29) is 5.34 Å². The smallest absolute Gasteiger partial charge is 0.320 e. The van der Waals surface area contributed by atoms with Gasteiger partial charge in [-0.05, 0) is 12.0 Å². The van der Waals surface area contributed by atoms with E-state index in [1.165, 1.54) is 0 Å². The summed E-state index contributed by atoms with van der Waals surface area (Å²) in [5.74, 6) is -0.959. The number of carboxylic acid groups (broad SMARTS) is 1. The molecule has 1 unspecified atom stereocenters. The molecule has 1 rings (SSSR count). The Morgan fingerprint density at radius 1 is 1.33 bits per heavy atom. The van der Waals surface area contributed by atoms with Crippen molar-refractivity contribution in [1.29, 1.82) is 0 Å². The Kier molecular flexibility index (Phi) is 8.09. The highest BCUT2D eigenvalue weighted by Crippen LogP contribution is 2.01. The molecule has 0 saturated heterocycles. The molecule has 0 saturated carbocycles. The fourth-order valence-corrected chi connectivity index (χ4v) is 0.955. The molecule has 0 radical (unpaired) electrons. The van der Waals surface area contributed by atoms with Crippen molar-refractivity contribution in [3.8, 4) is 0 Å². The lowest BCUT2D eigenvalue weighted by Crippen LogP contribution is -2.32. The van der Waals surface area contributed by atoms with Crippen molar-refractivity contribution in [1.82, 2.24) is 0 Å². The van der Waals surface area contributed by atoms with Crippen LogP contribution in [-0.4, -0.2) is 22.5 Å². The second-order valence-electron chi connectivity index (χ2n) is 2.74. The lowest BCUT2D eigenvalue weighted by atomic mass is 10.1. The molecule has 0 spiro atoms. The molecule has 5 heteroatoms. The number of halogens is 2. The molecule has 84 valence electrons. The van der Waals surface area contributed by atoms with Crippen LogP contribution in [0.5, 0.6) is 0 Å². The van der Waals surface area contributed by atoms with Gasteiger partial charge in [0.15, 0.2) is 0 Å². The zero-order valence-electron chi connectivity index (χ0n) is 8.07. The van der Waals surface area contributed by atoms with Gasteiger partial charge in [-0.3, -0.25) is 4.79 Å². The largest absolute Gasteiger partial charge is 0.480 e. The normalized spacial score (nSPS) is 11.1. The van der Waals surface area contributed by atoms with E-state index in [2.05, 4.69) is 0 Å². The molecule has 1 aromatic rings. The van der Waals surface area contributed by atoms with Crippen molar-refractivity contribution in [3.63, 3.8) is 0 Å². The fraction of sp³-hybridized carbons (Fsp3) is 0.300. The highest BCUT2D eigenvalue weighted by Gasteiger charge is 2.10. The van der Waals surface area contributed by atoms with Crippen LogP contribution in [0.15, 0.2) is 30.3 Å². The maximum Gasteiger partial charge on any atom is 0.320 e. The topological polar surface area (TPSA) is 63.3 Å². The molecule has 1 aromatic carbocycles. The van der Waals surface area contributed by atoms with Crippen LogP contribution < -0.4 is 5.73 Å². The zero-order valence-corrected chi connectivity index (χ0v) is 9.58. The molecular formula is C10H13Cl2NO2. The monoisotopic (exact) mass is 249 g/mol. The molecule has 0 aliphatic heterocycles. The molecule has 0 heterocycles. The van der Waals surface area contributed by atoms with E-state index in [0.717, 1.165) is 5.56 Å². The van der Waals surface area contributed by atoms with E-state index in [4.69, 9.17) is 34.0 Å². The average Bonchev–Trinajstić information content (AvgIpc) is 2.20. The number of rotatable bonds is 3. The van der Waals surface area contributed by atoms with Gasteiger partial charge < -0.3 is 10.8 Å². The van der Waals surface area contributed by atoms with E-state index in [1.807, 2.05) is 30.3 Å². The Morgan fingerprint density at radius 2 is 1.80 bits per heavy atom. The summed E-state index contributed by atoms with van der Waals surface area (Å²) in [4.78, 5) is 10.4. The highest BCUT2D eigenvalue weighted by atomic mass is 35.5. The summed E-state index contributed by atoms with van der Waals surface area (Å²) in [7, 11) is 0. The van der Waals surface area contributed by atoms with Gasteiger partial charge in [-0.15, -0.1) is 23.2 Å². The minimum atomic E-state index is -0.959. The number of alkyl halides is 2. The summed E-state index contributed by atoms with van der Waals surface area (Å²) in [5.41, 5.74) is 6.30. The van der Waals surface area contributed by atoms with Gasteiger partial charge in [0, 0.05) is 0 Å². The van der Waals surface area contributed by atoms with E-state index in [1.54, 1.807) is 0 Å². The first-order chi connectivity index (χ1) is 7.11. The summed E-state index contributed by atoms with van der Waals surface area (Å²) in [6.07, 6.45) is 0.385. The van der Waals surface area contributed by atoms with Gasteiger partial charge in [-0.1, -0.05) is 30.3 Å². The van der Waals surface area contributed by atoms with E-state index in [0.29, 0.717) is 6.42 Å². The third-order valence-corrected chi connectivity index (χ3v) is 1.62. The molecule has 3 nitrogen and oxygen atoms in total. The van der Waals surface area contributed by atoms with Gasteiger partial charge >= 0.3 is 5.97 Å². The average molecular weight is 250 g/mol. The minimum Gasteiger partial charge on any atom is -0.480 e. The van der Waals surface area contributed by atoms with Crippen molar-refractivity contribution in [3.05, 3.63) is 35.9 Å². The van der Waals surface area contributed by atoms with Gasteiger partial charge in [0.2, 0.25) is 0 Å². The van der Waals surface area contributed by atoms with Crippen LogP contribution in [0, 0.1) is 0 Å². The van der Waals surface area contributed by atoms with Crippen molar-refractivity contribution in [2.24, 2.45) is 5.73 Å². The van der Waals surface area contributed by atoms with Crippen molar-refractivity contribution in [2.75, 3.05) is 5.34 Å². The summed E-state index contributed by atoms with van der Waals surface area (Å²) < 4.78 is 0. The number of hydrogen-bond acceptors (Lipinski definition) is 2. The quantitative estimate of drug-likeness (QED) is 0.807. The van der Waals surface area contributed by atoms with E-state index < -0.39 is 12.0 Å². The first-order valence-corrected chi connectivity index (χ1v) is 5.33. The van der Waals surface area contributed by atoms with Gasteiger partial charge in [0.05, 0.1) is 5.34 Å². The second-order valence-corrected chi connectivity index (χ2v) is 3.54. The van der Waals surface area contributed by atoms with Crippen LogP contribution in [-0.2, 0) is 11.2 Å². The van der Waals surface area contributed by atoms with Crippen LogP contribution in [0.25, 0.3) is 0 Å². The fourth-order valence-electron chi connectivity index (χ4n) is 0.955. The number of benzene rings is 1. The van der Waals surface area contributed by atoms with Crippen molar-refractivity contribution < 1.29 is 9.90 Å². The van der Waals surface area contributed by atoms with Gasteiger partial charge in [0.25, 0.3) is 0 Å². The highest BCUT2D eigenvalue weighted by molar-refractivity contribution is 6.40. The molecule has 0 bridgehead atoms. The molecule has 3 N–H and O–H groups in total. The first kappa shape index (κ1) is 14.2. The predicted octanol–water partition coefficient (Wildman–Crippen LogP) is 2.06. The number of carboxylic acids is 1. The maximum absolute atomic E-state index is 10.4. The lowest BCUT2D eigenvalue weighted by molar-refractivity contribution is -0.138. The predicted molar refractivity (Wildman–Crippen MR) is 62.3 cm³/mol.